The Bertz CT molecular complexity index is 541. The Morgan fingerprint density at radius 3 is 2.47 bits per heavy atom. The van der Waals surface area contributed by atoms with E-state index in [1.165, 1.54) is 11.3 Å². The van der Waals surface area contributed by atoms with E-state index in [2.05, 4.69) is 10.3 Å². The molecule has 0 fully saturated rings. The van der Waals surface area contributed by atoms with E-state index in [1.807, 2.05) is 5.38 Å². The lowest BCUT2D eigenvalue weighted by molar-refractivity contribution is 1.22. The third-order valence-corrected chi connectivity index (χ3v) is 4.06. The van der Waals surface area contributed by atoms with Crippen LogP contribution < -0.4 is 5.32 Å². The third-order valence-electron chi connectivity index (χ3n) is 1.94. The zero-order valence-electron chi connectivity index (χ0n) is 8.31. The molecule has 2 rings (SSSR count). The maximum atomic E-state index is 6.04. The van der Waals surface area contributed by atoms with Crippen molar-refractivity contribution in [2.75, 3.05) is 5.32 Å². The predicted molar refractivity (Wildman–Crippen MR) is 76.4 cm³/mol. The second kappa shape index (κ2) is 5.63. The van der Waals surface area contributed by atoms with Gasteiger partial charge >= 0.3 is 0 Å². The standard InChI is InChI=1S/C10H6Cl4N2S/c11-3-5-4-17-10(15-5)16-9-2-7(13)6(12)1-8(9)14/h1-2,4H,3H2,(H,15,16). The molecule has 2 nitrogen and oxygen atoms in total. The van der Waals surface area contributed by atoms with Crippen molar-refractivity contribution in [3.05, 3.63) is 38.3 Å². The quantitative estimate of drug-likeness (QED) is 0.587. The van der Waals surface area contributed by atoms with Crippen LogP contribution in [-0.2, 0) is 5.88 Å². The number of nitrogens with one attached hydrogen (secondary N) is 1. The summed E-state index contributed by atoms with van der Waals surface area (Å²) in [5.41, 5.74) is 1.48. The second-order valence-electron chi connectivity index (χ2n) is 3.15. The summed E-state index contributed by atoms with van der Waals surface area (Å²) in [5.74, 6) is 0.382. The molecule has 0 unspecified atom stereocenters. The highest BCUT2D eigenvalue weighted by atomic mass is 35.5. The summed E-state index contributed by atoms with van der Waals surface area (Å²) in [6.07, 6.45) is 0. The maximum Gasteiger partial charge on any atom is 0.187 e. The summed E-state index contributed by atoms with van der Waals surface area (Å²) in [4.78, 5) is 4.26. The zero-order chi connectivity index (χ0) is 12.4. The normalized spacial score (nSPS) is 10.6. The molecular formula is C10H6Cl4N2S. The van der Waals surface area contributed by atoms with Crippen LogP contribution in [-0.4, -0.2) is 4.98 Å². The van der Waals surface area contributed by atoms with Crippen molar-refractivity contribution in [2.24, 2.45) is 0 Å². The minimum Gasteiger partial charge on any atom is -0.330 e. The van der Waals surface area contributed by atoms with Crippen molar-refractivity contribution in [1.82, 2.24) is 4.98 Å². The van der Waals surface area contributed by atoms with Gasteiger partial charge in [-0.3, -0.25) is 0 Å². The molecule has 0 aliphatic carbocycles. The Labute approximate surface area is 122 Å². The number of anilines is 2. The molecule has 1 aromatic carbocycles. The van der Waals surface area contributed by atoms with Gasteiger partial charge in [-0.15, -0.1) is 22.9 Å². The van der Waals surface area contributed by atoms with Crippen LogP contribution in [0, 0.1) is 0 Å². The van der Waals surface area contributed by atoms with Crippen molar-refractivity contribution >= 4 is 68.6 Å². The number of aromatic nitrogens is 1. The van der Waals surface area contributed by atoms with Gasteiger partial charge in [-0.25, -0.2) is 4.98 Å². The minimum absolute atomic E-state index is 0.382. The van der Waals surface area contributed by atoms with E-state index in [9.17, 15) is 0 Å². The smallest absolute Gasteiger partial charge is 0.187 e. The lowest BCUT2D eigenvalue weighted by atomic mass is 10.3. The molecule has 0 radical (unpaired) electrons. The SMILES string of the molecule is ClCc1csc(Nc2cc(Cl)c(Cl)cc2Cl)n1. The highest BCUT2D eigenvalue weighted by molar-refractivity contribution is 7.13. The van der Waals surface area contributed by atoms with Crippen molar-refractivity contribution in [1.29, 1.82) is 0 Å². The van der Waals surface area contributed by atoms with Crippen LogP contribution in [0.2, 0.25) is 15.1 Å². The molecular weight excluding hydrogens is 322 g/mol. The Hall–Kier alpha value is -0.190. The van der Waals surface area contributed by atoms with E-state index in [-0.39, 0.29) is 0 Å². The van der Waals surface area contributed by atoms with E-state index >= 15 is 0 Å². The van der Waals surface area contributed by atoms with Gasteiger partial charge in [-0.1, -0.05) is 34.8 Å². The molecule has 1 N–H and O–H groups in total. The minimum atomic E-state index is 0.382. The molecule has 90 valence electrons. The van der Waals surface area contributed by atoms with E-state index in [0.29, 0.717) is 31.8 Å². The van der Waals surface area contributed by atoms with Gasteiger partial charge < -0.3 is 5.32 Å². The van der Waals surface area contributed by atoms with Crippen molar-refractivity contribution in [2.45, 2.75) is 5.88 Å². The molecule has 2 aromatic rings. The largest absolute Gasteiger partial charge is 0.330 e. The van der Waals surface area contributed by atoms with Crippen molar-refractivity contribution in [3.63, 3.8) is 0 Å². The molecule has 1 heterocycles. The lowest BCUT2D eigenvalue weighted by Crippen LogP contribution is -1.91. The van der Waals surface area contributed by atoms with Crippen LogP contribution >= 0.6 is 57.7 Å². The summed E-state index contributed by atoms with van der Waals surface area (Å²) in [6.45, 7) is 0. The molecule has 0 atom stereocenters. The number of alkyl halides is 1. The molecule has 0 aliphatic rings. The predicted octanol–water partition coefficient (Wildman–Crippen LogP) is 5.59. The van der Waals surface area contributed by atoms with E-state index in [1.54, 1.807) is 12.1 Å². The van der Waals surface area contributed by atoms with Gasteiger partial charge in [0.05, 0.1) is 32.3 Å². The molecule has 0 aliphatic heterocycles. The monoisotopic (exact) mass is 326 g/mol. The first-order chi connectivity index (χ1) is 8.10. The maximum absolute atomic E-state index is 6.04. The molecule has 0 saturated heterocycles. The van der Waals surface area contributed by atoms with Crippen molar-refractivity contribution < 1.29 is 0 Å². The van der Waals surface area contributed by atoms with Crippen LogP contribution in [0.4, 0.5) is 10.8 Å². The number of benzene rings is 1. The third kappa shape index (κ3) is 3.18. The van der Waals surface area contributed by atoms with E-state index < -0.39 is 0 Å². The summed E-state index contributed by atoms with van der Waals surface area (Å²) >= 11 is 24.9. The summed E-state index contributed by atoms with van der Waals surface area (Å²) < 4.78 is 0. The molecule has 0 amide bonds. The fraction of sp³-hybridized carbons (Fsp3) is 0.100. The second-order valence-corrected chi connectivity index (χ2v) is 5.50. The first-order valence-corrected chi connectivity index (χ1v) is 7.07. The Morgan fingerprint density at radius 2 is 1.82 bits per heavy atom. The number of hydrogen-bond donors (Lipinski definition) is 1. The molecule has 7 heteroatoms. The van der Waals surface area contributed by atoms with Gasteiger partial charge in [0.25, 0.3) is 0 Å². The lowest BCUT2D eigenvalue weighted by Gasteiger charge is -2.06. The average molecular weight is 328 g/mol. The van der Waals surface area contributed by atoms with Gasteiger partial charge in [0, 0.05) is 5.38 Å². The van der Waals surface area contributed by atoms with Crippen LogP contribution in [0.1, 0.15) is 5.69 Å². The van der Waals surface area contributed by atoms with Gasteiger partial charge in [-0.2, -0.15) is 0 Å². The molecule has 1 aromatic heterocycles. The summed E-state index contributed by atoms with van der Waals surface area (Å²) in [6, 6.07) is 3.25. The van der Waals surface area contributed by atoms with Crippen LogP contribution in [0.3, 0.4) is 0 Å². The highest BCUT2D eigenvalue weighted by Crippen LogP contribution is 2.34. The number of hydrogen-bond acceptors (Lipinski definition) is 3. The van der Waals surface area contributed by atoms with Crippen molar-refractivity contribution in [3.8, 4) is 0 Å². The van der Waals surface area contributed by atoms with Gasteiger partial charge in [-0.05, 0) is 12.1 Å². The van der Waals surface area contributed by atoms with Gasteiger partial charge in [0.1, 0.15) is 0 Å². The van der Waals surface area contributed by atoms with Crippen LogP contribution in [0.15, 0.2) is 17.5 Å². The molecule has 0 spiro atoms. The van der Waals surface area contributed by atoms with Crippen LogP contribution in [0.5, 0.6) is 0 Å². The zero-order valence-corrected chi connectivity index (χ0v) is 12.1. The fourth-order valence-electron chi connectivity index (χ4n) is 1.16. The molecule has 0 saturated carbocycles. The van der Waals surface area contributed by atoms with Crippen LogP contribution in [0.25, 0.3) is 0 Å². The number of rotatable bonds is 3. The Balaban J connectivity index is 2.26. The Morgan fingerprint density at radius 1 is 1.12 bits per heavy atom. The summed E-state index contributed by atoms with van der Waals surface area (Å²) in [5, 5.41) is 7.00. The molecule has 0 bridgehead atoms. The number of nitrogens with zero attached hydrogens (tertiary/aromatic N) is 1. The number of halogens is 4. The van der Waals surface area contributed by atoms with Gasteiger partial charge in [0.15, 0.2) is 5.13 Å². The van der Waals surface area contributed by atoms with E-state index in [4.69, 9.17) is 46.4 Å². The average Bonchev–Trinajstić information content (AvgIpc) is 2.73. The topological polar surface area (TPSA) is 24.9 Å². The molecule has 17 heavy (non-hydrogen) atoms. The first kappa shape index (κ1) is 13.2. The van der Waals surface area contributed by atoms with E-state index in [0.717, 1.165) is 5.69 Å². The van der Waals surface area contributed by atoms with Gasteiger partial charge in [0.2, 0.25) is 0 Å². The summed E-state index contributed by atoms with van der Waals surface area (Å²) in [7, 11) is 0. The first-order valence-electron chi connectivity index (χ1n) is 4.52. The Kier molecular flexibility index (Phi) is 4.39. The highest BCUT2D eigenvalue weighted by Gasteiger charge is 2.08. The fourth-order valence-corrected chi connectivity index (χ4v) is 2.70. The number of thiazole rings is 1.